The lowest BCUT2D eigenvalue weighted by Crippen LogP contribution is -1.92. The Labute approximate surface area is 77.5 Å². The van der Waals surface area contributed by atoms with Crippen LogP contribution < -0.4 is 9.47 Å². The molecule has 0 spiro atoms. The van der Waals surface area contributed by atoms with E-state index in [0.717, 1.165) is 17.1 Å². The third-order valence-electron chi connectivity index (χ3n) is 1.76. The van der Waals surface area contributed by atoms with Crippen LogP contribution in [0, 0.1) is 11.3 Å². The van der Waals surface area contributed by atoms with Gasteiger partial charge in [-0.25, -0.2) is 0 Å². The predicted molar refractivity (Wildman–Crippen MR) is 48.9 cm³/mol. The molecule has 0 saturated heterocycles. The average Bonchev–Trinajstić information content (AvgIpc) is 2.18. The van der Waals surface area contributed by atoms with Crippen LogP contribution in [-0.2, 0) is 6.42 Å². The highest BCUT2D eigenvalue weighted by molar-refractivity contribution is 5.41. The molecule has 0 unspecified atom stereocenters. The van der Waals surface area contributed by atoms with E-state index in [2.05, 4.69) is 6.07 Å². The van der Waals surface area contributed by atoms with Crippen molar-refractivity contribution < 1.29 is 9.47 Å². The topological polar surface area (TPSA) is 42.2 Å². The van der Waals surface area contributed by atoms with Gasteiger partial charge >= 0.3 is 0 Å². The lowest BCUT2D eigenvalue weighted by atomic mass is 10.1. The Kier molecular flexibility index (Phi) is 3.15. The van der Waals surface area contributed by atoms with Gasteiger partial charge in [0.1, 0.15) is 11.5 Å². The van der Waals surface area contributed by atoms with Gasteiger partial charge < -0.3 is 9.47 Å². The van der Waals surface area contributed by atoms with Crippen LogP contribution in [0.25, 0.3) is 0 Å². The quantitative estimate of drug-likeness (QED) is 0.706. The standard InChI is InChI=1S/C10H11NO2/c1-12-9-3-4-10(13-2)8(7-9)5-6-11/h3-4,7H,5H2,1-2H3. The van der Waals surface area contributed by atoms with Crippen LogP contribution in [0.3, 0.4) is 0 Å². The Hall–Kier alpha value is -1.69. The molecule has 0 bridgehead atoms. The molecule has 0 saturated carbocycles. The zero-order valence-corrected chi connectivity index (χ0v) is 7.70. The first-order valence-electron chi connectivity index (χ1n) is 3.89. The third kappa shape index (κ3) is 2.12. The number of hydrogen-bond acceptors (Lipinski definition) is 3. The van der Waals surface area contributed by atoms with Gasteiger partial charge in [-0.1, -0.05) is 0 Å². The van der Waals surface area contributed by atoms with Crippen molar-refractivity contribution in [3.8, 4) is 17.6 Å². The largest absolute Gasteiger partial charge is 0.497 e. The average molecular weight is 177 g/mol. The van der Waals surface area contributed by atoms with Crippen LogP contribution in [0.1, 0.15) is 5.56 Å². The van der Waals surface area contributed by atoms with Gasteiger partial charge in [0.05, 0.1) is 26.7 Å². The summed E-state index contributed by atoms with van der Waals surface area (Å²) in [6.07, 6.45) is 0.334. The van der Waals surface area contributed by atoms with Crippen LogP contribution in [0.15, 0.2) is 18.2 Å². The smallest absolute Gasteiger partial charge is 0.123 e. The van der Waals surface area contributed by atoms with Crippen molar-refractivity contribution in [2.24, 2.45) is 0 Å². The maximum absolute atomic E-state index is 8.56. The molecule has 0 heterocycles. The molecule has 3 heteroatoms. The van der Waals surface area contributed by atoms with E-state index in [9.17, 15) is 0 Å². The fraction of sp³-hybridized carbons (Fsp3) is 0.300. The molecule has 0 aliphatic rings. The molecular formula is C10H11NO2. The van der Waals surface area contributed by atoms with Crippen molar-refractivity contribution in [3.05, 3.63) is 23.8 Å². The summed E-state index contributed by atoms with van der Waals surface area (Å²) in [7, 11) is 3.18. The second kappa shape index (κ2) is 4.36. The van der Waals surface area contributed by atoms with E-state index in [-0.39, 0.29) is 0 Å². The Morgan fingerprint density at radius 1 is 1.31 bits per heavy atom. The van der Waals surface area contributed by atoms with Gasteiger partial charge in [-0.3, -0.25) is 0 Å². The first kappa shape index (κ1) is 9.40. The minimum Gasteiger partial charge on any atom is -0.497 e. The lowest BCUT2D eigenvalue weighted by molar-refractivity contribution is 0.400. The number of nitrogens with zero attached hydrogens (tertiary/aromatic N) is 1. The second-order valence-electron chi connectivity index (χ2n) is 2.51. The zero-order chi connectivity index (χ0) is 9.68. The number of ether oxygens (including phenoxy) is 2. The van der Waals surface area contributed by atoms with Crippen molar-refractivity contribution in [2.75, 3.05) is 14.2 Å². The van der Waals surface area contributed by atoms with E-state index in [4.69, 9.17) is 14.7 Å². The number of methoxy groups -OCH3 is 2. The maximum atomic E-state index is 8.56. The van der Waals surface area contributed by atoms with Crippen molar-refractivity contribution in [2.45, 2.75) is 6.42 Å². The number of nitriles is 1. The number of benzene rings is 1. The molecule has 1 aromatic rings. The Morgan fingerprint density at radius 3 is 2.62 bits per heavy atom. The molecule has 0 N–H and O–H groups in total. The summed E-state index contributed by atoms with van der Waals surface area (Å²) in [6.45, 7) is 0. The van der Waals surface area contributed by atoms with Crippen molar-refractivity contribution in [1.29, 1.82) is 5.26 Å². The maximum Gasteiger partial charge on any atom is 0.123 e. The molecule has 13 heavy (non-hydrogen) atoms. The fourth-order valence-corrected chi connectivity index (χ4v) is 1.11. The minimum absolute atomic E-state index is 0.334. The van der Waals surface area contributed by atoms with E-state index in [1.807, 2.05) is 6.07 Å². The van der Waals surface area contributed by atoms with Gasteiger partial charge in [-0.05, 0) is 18.2 Å². The monoisotopic (exact) mass is 177 g/mol. The molecular weight excluding hydrogens is 166 g/mol. The summed E-state index contributed by atoms with van der Waals surface area (Å²) in [6, 6.07) is 7.48. The van der Waals surface area contributed by atoms with Crippen LogP contribution >= 0.6 is 0 Å². The van der Waals surface area contributed by atoms with Gasteiger partial charge in [0.2, 0.25) is 0 Å². The fourth-order valence-electron chi connectivity index (χ4n) is 1.11. The summed E-state index contributed by atoms with van der Waals surface area (Å²) in [5.74, 6) is 1.47. The molecule has 0 aliphatic carbocycles. The van der Waals surface area contributed by atoms with Crippen molar-refractivity contribution in [1.82, 2.24) is 0 Å². The van der Waals surface area contributed by atoms with E-state index in [1.165, 1.54) is 0 Å². The third-order valence-corrected chi connectivity index (χ3v) is 1.76. The van der Waals surface area contributed by atoms with E-state index >= 15 is 0 Å². The van der Waals surface area contributed by atoms with Gasteiger partial charge in [-0.15, -0.1) is 0 Å². The van der Waals surface area contributed by atoms with Gasteiger partial charge in [0.15, 0.2) is 0 Å². The molecule has 0 fully saturated rings. The van der Waals surface area contributed by atoms with Crippen LogP contribution in [-0.4, -0.2) is 14.2 Å². The number of rotatable bonds is 3. The summed E-state index contributed by atoms with van der Waals surface area (Å²) in [5, 5.41) is 8.56. The van der Waals surface area contributed by atoms with E-state index in [0.29, 0.717) is 6.42 Å². The molecule has 0 radical (unpaired) electrons. The molecule has 3 nitrogen and oxygen atoms in total. The highest BCUT2D eigenvalue weighted by atomic mass is 16.5. The van der Waals surface area contributed by atoms with Crippen molar-refractivity contribution >= 4 is 0 Å². The lowest BCUT2D eigenvalue weighted by Gasteiger charge is -2.07. The van der Waals surface area contributed by atoms with Crippen LogP contribution in [0.4, 0.5) is 0 Å². The molecule has 1 rings (SSSR count). The molecule has 68 valence electrons. The molecule has 0 aliphatic heterocycles. The Balaban J connectivity index is 3.04. The van der Waals surface area contributed by atoms with Crippen LogP contribution in [0.5, 0.6) is 11.5 Å². The normalized spacial score (nSPS) is 9.00. The van der Waals surface area contributed by atoms with E-state index in [1.54, 1.807) is 26.4 Å². The van der Waals surface area contributed by atoms with Crippen molar-refractivity contribution in [3.63, 3.8) is 0 Å². The SMILES string of the molecule is COc1ccc(OC)c(CC#N)c1. The summed E-state index contributed by atoms with van der Waals surface area (Å²) >= 11 is 0. The first-order valence-corrected chi connectivity index (χ1v) is 3.89. The molecule has 0 atom stereocenters. The second-order valence-corrected chi connectivity index (χ2v) is 2.51. The first-order chi connectivity index (χ1) is 6.31. The predicted octanol–water partition coefficient (Wildman–Crippen LogP) is 1.77. The summed E-state index contributed by atoms with van der Waals surface area (Å²) in [5.41, 5.74) is 0.851. The van der Waals surface area contributed by atoms with Crippen LogP contribution in [0.2, 0.25) is 0 Å². The highest BCUT2D eigenvalue weighted by Gasteiger charge is 2.03. The zero-order valence-electron chi connectivity index (χ0n) is 7.70. The summed E-state index contributed by atoms with van der Waals surface area (Å²) in [4.78, 5) is 0. The Morgan fingerprint density at radius 2 is 2.08 bits per heavy atom. The molecule has 0 aromatic heterocycles. The minimum atomic E-state index is 0.334. The van der Waals surface area contributed by atoms with Gasteiger partial charge in [0, 0.05) is 5.56 Å². The molecule has 0 amide bonds. The van der Waals surface area contributed by atoms with Gasteiger partial charge in [-0.2, -0.15) is 5.26 Å². The molecule has 1 aromatic carbocycles. The Bertz CT molecular complexity index is 328. The van der Waals surface area contributed by atoms with E-state index < -0.39 is 0 Å². The number of hydrogen-bond donors (Lipinski definition) is 0. The van der Waals surface area contributed by atoms with Gasteiger partial charge in [0.25, 0.3) is 0 Å². The summed E-state index contributed by atoms with van der Waals surface area (Å²) < 4.78 is 10.1. The highest BCUT2D eigenvalue weighted by Crippen LogP contribution is 2.23.